The van der Waals surface area contributed by atoms with Gasteiger partial charge in [0.1, 0.15) is 0 Å². The Morgan fingerprint density at radius 1 is 0.971 bits per heavy atom. The van der Waals surface area contributed by atoms with Crippen LogP contribution in [0.3, 0.4) is 0 Å². The molecule has 1 fully saturated rings. The number of carboxylic acid groups (broad SMARTS) is 1. The highest BCUT2D eigenvalue weighted by Gasteiger charge is 2.27. The molecule has 0 radical (unpaired) electrons. The average molecular weight is 480 g/mol. The molecule has 0 spiro atoms. The zero-order chi connectivity index (χ0) is 24.5. The molecule has 0 aromatic heterocycles. The van der Waals surface area contributed by atoms with E-state index >= 15 is 0 Å². The summed E-state index contributed by atoms with van der Waals surface area (Å²) in [5.41, 5.74) is 4.13. The van der Waals surface area contributed by atoms with Gasteiger partial charge < -0.3 is 14.9 Å². The number of aryl methyl sites for hydroxylation is 2. The Bertz CT molecular complexity index is 1320. The molecule has 0 bridgehead atoms. The molecule has 7 nitrogen and oxygen atoms in total. The van der Waals surface area contributed by atoms with Crippen LogP contribution in [0, 0.1) is 13.8 Å². The number of carbonyl (C=O) groups is 1. The zero-order valence-electron chi connectivity index (χ0n) is 19.5. The molecule has 178 valence electrons. The number of sulfonamides is 1. The largest absolute Gasteiger partial charge is 0.478 e. The summed E-state index contributed by atoms with van der Waals surface area (Å²) in [5.74, 6) is -1.11. The zero-order valence-corrected chi connectivity index (χ0v) is 20.3. The van der Waals surface area contributed by atoms with Gasteiger partial charge in [0.2, 0.25) is 0 Å². The first kappa shape index (κ1) is 23.6. The third kappa shape index (κ3) is 5.02. The number of nitrogens with zero attached hydrogens (tertiary/aromatic N) is 2. The lowest BCUT2D eigenvalue weighted by Gasteiger charge is -2.43. The molecule has 0 unspecified atom stereocenters. The molecular formula is C26H29N3O4S. The Labute approximate surface area is 200 Å². The van der Waals surface area contributed by atoms with E-state index in [1.165, 1.54) is 23.8 Å². The van der Waals surface area contributed by atoms with Gasteiger partial charge in [-0.25, -0.2) is 13.2 Å². The summed E-state index contributed by atoms with van der Waals surface area (Å²) in [6.07, 6.45) is 0. The van der Waals surface area contributed by atoms with Gasteiger partial charge >= 0.3 is 5.97 Å². The van der Waals surface area contributed by atoms with Crippen LogP contribution in [0.25, 0.3) is 0 Å². The second-order valence-electron chi connectivity index (χ2n) is 8.79. The third-order valence-electron chi connectivity index (χ3n) is 6.09. The number of carboxylic acids is 1. The van der Waals surface area contributed by atoms with Crippen molar-refractivity contribution in [2.24, 2.45) is 0 Å². The molecule has 1 saturated heterocycles. The van der Waals surface area contributed by atoms with Gasteiger partial charge in [0.15, 0.2) is 0 Å². The average Bonchev–Trinajstić information content (AvgIpc) is 2.78. The quantitative estimate of drug-likeness (QED) is 0.540. The number of rotatable bonds is 6. The van der Waals surface area contributed by atoms with Gasteiger partial charge in [-0.3, -0.25) is 4.72 Å². The number of nitrogens with one attached hydrogen (secondary N) is 1. The maximum atomic E-state index is 13.1. The second kappa shape index (κ2) is 9.38. The molecular weight excluding hydrogens is 450 g/mol. The van der Waals surface area contributed by atoms with E-state index in [0.717, 1.165) is 17.8 Å². The lowest BCUT2D eigenvalue weighted by molar-refractivity contribution is 0.0697. The lowest BCUT2D eigenvalue weighted by Crippen LogP contribution is -2.52. The summed E-state index contributed by atoms with van der Waals surface area (Å²) in [4.78, 5) is 16.2. The van der Waals surface area contributed by atoms with E-state index in [-0.39, 0.29) is 22.2 Å². The molecule has 8 heteroatoms. The molecule has 1 atom stereocenters. The van der Waals surface area contributed by atoms with Crippen LogP contribution in [-0.4, -0.2) is 45.2 Å². The van der Waals surface area contributed by atoms with Gasteiger partial charge in [0.05, 0.1) is 21.8 Å². The van der Waals surface area contributed by atoms with Gasteiger partial charge in [-0.05, 0) is 74.4 Å². The highest BCUT2D eigenvalue weighted by molar-refractivity contribution is 7.92. The van der Waals surface area contributed by atoms with Crippen molar-refractivity contribution in [3.05, 3.63) is 83.4 Å². The first-order valence-corrected chi connectivity index (χ1v) is 12.7. The smallest absolute Gasteiger partial charge is 0.335 e. The van der Waals surface area contributed by atoms with Crippen LogP contribution in [0.15, 0.2) is 71.6 Å². The van der Waals surface area contributed by atoms with E-state index in [9.17, 15) is 18.3 Å². The first-order chi connectivity index (χ1) is 16.1. The molecule has 0 aliphatic carbocycles. The fourth-order valence-corrected chi connectivity index (χ4v) is 5.55. The van der Waals surface area contributed by atoms with Gasteiger partial charge in [-0.1, -0.05) is 24.3 Å². The van der Waals surface area contributed by atoms with Crippen molar-refractivity contribution in [3.8, 4) is 0 Å². The van der Waals surface area contributed by atoms with Crippen molar-refractivity contribution < 1.29 is 18.3 Å². The van der Waals surface area contributed by atoms with Crippen LogP contribution in [-0.2, 0) is 10.0 Å². The van der Waals surface area contributed by atoms with Crippen molar-refractivity contribution in [3.63, 3.8) is 0 Å². The van der Waals surface area contributed by atoms with Crippen molar-refractivity contribution in [1.82, 2.24) is 0 Å². The summed E-state index contributed by atoms with van der Waals surface area (Å²) in [7, 11) is -3.89. The molecule has 2 N–H and O–H groups in total. The Morgan fingerprint density at radius 2 is 1.68 bits per heavy atom. The van der Waals surface area contributed by atoms with E-state index in [1.54, 1.807) is 18.2 Å². The predicted molar refractivity (Wildman–Crippen MR) is 136 cm³/mol. The van der Waals surface area contributed by atoms with E-state index in [4.69, 9.17) is 0 Å². The lowest BCUT2D eigenvalue weighted by atomic mass is 10.1. The van der Waals surface area contributed by atoms with Crippen LogP contribution >= 0.6 is 0 Å². The topological polar surface area (TPSA) is 89.9 Å². The summed E-state index contributed by atoms with van der Waals surface area (Å²) < 4.78 is 28.9. The first-order valence-electron chi connectivity index (χ1n) is 11.2. The van der Waals surface area contributed by atoms with Gasteiger partial charge in [0, 0.05) is 31.4 Å². The van der Waals surface area contributed by atoms with Crippen molar-refractivity contribution in [1.29, 1.82) is 0 Å². The number of anilines is 3. The summed E-state index contributed by atoms with van der Waals surface area (Å²) in [6, 6.07) is 19.8. The fraction of sp³-hybridized carbons (Fsp3) is 0.269. The Balaban J connectivity index is 1.64. The molecule has 34 heavy (non-hydrogen) atoms. The minimum atomic E-state index is -3.89. The Morgan fingerprint density at radius 3 is 2.32 bits per heavy atom. The van der Waals surface area contributed by atoms with E-state index in [0.29, 0.717) is 18.8 Å². The van der Waals surface area contributed by atoms with Crippen LogP contribution < -0.4 is 14.5 Å². The monoisotopic (exact) mass is 479 g/mol. The summed E-state index contributed by atoms with van der Waals surface area (Å²) >= 11 is 0. The van der Waals surface area contributed by atoms with Crippen molar-refractivity contribution in [2.45, 2.75) is 31.7 Å². The summed E-state index contributed by atoms with van der Waals surface area (Å²) in [6.45, 7) is 8.13. The van der Waals surface area contributed by atoms with E-state index in [1.807, 2.05) is 19.1 Å². The molecule has 1 heterocycles. The van der Waals surface area contributed by atoms with Crippen molar-refractivity contribution in [2.75, 3.05) is 34.2 Å². The normalized spacial score (nSPS) is 16.4. The maximum absolute atomic E-state index is 13.1. The van der Waals surface area contributed by atoms with E-state index in [2.05, 4.69) is 46.6 Å². The van der Waals surface area contributed by atoms with Crippen LogP contribution in [0.4, 0.5) is 17.1 Å². The van der Waals surface area contributed by atoms with Gasteiger partial charge in [-0.2, -0.15) is 0 Å². The van der Waals surface area contributed by atoms with E-state index < -0.39 is 16.0 Å². The molecule has 0 saturated carbocycles. The molecule has 1 aliphatic rings. The summed E-state index contributed by atoms with van der Waals surface area (Å²) in [5, 5.41) is 9.49. The molecule has 3 aromatic carbocycles. The highest BCUT2D eigenvalue weighted by atomic mass is 32.2. The third-order valence-corrected chi connectivity index (χ3v) is 7.45. The molecule has 4 rings (SSSR count). The standard InChI is InChI=1S/C26H29N3O4S/c1-18-6-4-8-22(14-18)29-13-12-28(17-20(29)3)25-11-10-21(26(30)31)16-24(25)27-34(32,33)23-9-5-7-19(2)15-23/h4-11,14-16,20,27H,12-13,17H2,1-3H3,(H,30,31)/t20-/m1/s1. The van der Waals surface area contributed by atoms with Crippen LogP contribution in [0.2, 0.25) is 0 Å². The molecule has 3 aromatic rings. The number of aromatic carboxylic acids is 1. The van der Waals surface area contributed by atoms with Crippen molar-refractivity contribution >= 4 is 33.1 Å². The maximum Gasteiger partial charge on any atom is 0.335 e. The highest BCUT2D eigenvalue weighted by Crippen LogP contribution is 2.32. The fourth-order valence-electron chi connectivity index (χ4n) is 4.38. The molecule has 1 aliphatic heterocycles. The minimum absolute atomic E-state index is 0.0251. The predicted octanol–water partition coefficient (Wildman–Crippen LogP) is 4.52. The number of hydrogen-bond donors (Lipinski definition) is 2. The minimum Gasteiger partial charge on any atom is -0.478 e. The number of piperazine rings is 1. The van der Waals surface area contributed by atoms with Crippen LogP contribution in [0.5, 0.6) is 0 Å². The number of benzene rings is 3. The SMILES string of the molecule is Cc1cccc(N2CCN(c3ccc(C(=O)O)cc3NS(=O)(=O)c3cccc(C)c3)C[C@H]2C)c1. The van der Waals surface area contributed by atoms with Crippen LogP contribution in [0.1, 0.15) is 28.4 Å². The molecule has 0 amide bonds. The Kier molecular flexibility index (Phi) is 6.52. The Hall–Kier alpha value is -3.52. The van der Waals surface area contributed by atoms with Gasteiger partial charge in [0.25, 0.3) is 10.0 Å². The number of hydrogen-bond acceptors (Lipinski definition) is 5. The van der Waals surface area contributed by atoms with Gasteiger partial charge in [-0.15, -0.1) is 0 Å². The second-order valence-corrected chi connectivity index (χ2v) is 10.5.